The van der Waals surface area contributed by atoms with E-state index < -0.39 is 0 Å². The molecule has 1 aromatic heterocycles. The molecule has 13 heavy (non-hydrogen) atoms. The van der Waals surface area contributed by atoms with Crippen LogP contribution in [0.15, 0.2) is 28.7 Å². The van der Waals surface area contributed by atoms with Gasteiger partial charge in [-0.25, -0.2) is 4.98 Å². The summed E-state index contributed by atoms with van der Waals surface area (Å²) in [6.45, 7) is 1.94. The van der Waals surface area contributed by atoms with E-state index in [0.29, 0.717) is 5.15 Å². The molecule has 0 atom stereocenters. The molecular weight excluding hydrogens is 249 g/mol. The van der Waals surface area contributed by atoms with E-state index in [-0.39, 0.29) is 0 Å². The number of hydrogen-bond acceptors (Lipinski definition) is 1. The van der Waals surface area contributed by atoms with Gasteiger partial charge in [0.1, 0.15) is 5.15 Å². The maximum absolute atomic E-state index is 6.00. The molecule has 2 aromatic rings. The van der Waals surface area contributed by atoms with Crippen LogP contribution in [-0.2, 0) is 0 Å². The minimum absolute atomic E-state index is 0.566. The zero-order valence-corrected chi connectivity index (χ0v) is 9.35. The molecular formula is C10H7BrClN. The minimum Gasteiger partial charge on any atom is -0.241 e. The third-order valence-corrected chi connectivity index (χ3v) is 2.66. The molecule has 0 aliphatic heterocycles. The Morgan fingerprint density at radius 2 is 2.08 bits per heavy atom. The molecule has 0 unspecified atom stereocenters. The lowest BCUT2D eigenvalue weighted by atomic mass is 10.1. The lowest BCUT2D eigenvalue weighted by molar-refractivity contribution is 1.22. The maximum atomic E-state index is 6.00. The van der Waals surface area contributed by atoms with Gasteiger partial charge in [-0.3, -0.25) is 0 Å². The Hall–Kier alpha value is -0.600. The summed E-state index contributed by atoms with van der Waals surface area (Å²) in [6.07, 6.45) is 0. The highest BCUT2D eigenvalue weighted by Crippen LogP contribution is 2.25. The number of hydrogen-bond donors (Lipinski definition) is 0. The molecule has 3 heteroatoms. The van der Waals surface area contributed by atoms with Crippen LogP contribution in [0.4, 0.5) is 0 Å². The average molecular weight is 257 g/mol. The normalized spacial score (nSPS) is 10.7. The van der Waals surface area contributed by atoms with Crippen LogP contribution in [0.2, 0.25) is 5.15 Å². The predicted octanol–water partition coefficient (Wildman–Crippen LogP) is 3.96. The van der Waals surface area contributed by atoms with Crippen LogP contribution in [0.3, 0.4) is 0 Å². The van der Waals surface area contributed by atoms with Gasteiger partial charge in [-0.05, 0) is 30.5 Å². The van der Waals surface area contributed by atoms with E-state index in [1.165, 1.54) is 0 Å². The summed E-state index contributed by atoms with van der Waals surface area (Å²) in [5.74, 6) is 0. The van der Waals surface area contributed by atoms with Crippen LogP contribution in [0.25, 0.3) is 10.8 Å². The van der Waals surface area contributed by atoms with Crippen LogP contribution in [0, 0.1) is 6.92 Å². The first-order valence-corrected chi connectivity index (χ1v) is 5.06. The van der Waals surface area contributed by atoms with Gasteiger partial charge >= 0.3 is 0 Å². The van der Waals surface area contributed by atoms with Crippen molar-refractivity contribution >= 4 is 38.3 Å². The number of nitrogens with zero attached hydrogens (tertiary/aromatic N) is 1. The highest BCUT2D eigenvalue weighted by molar-refractivity contribution is 9.10. The first-order chi connectivity index (χ1) is 6.16. The molecule has 0 aliphatic rings. The van der Waals surface area contributed by atoms with Crippen molar-refractivity contribution in [3.63, 3.8) is 0 Å². The second-order valence-corrected chi connectivity index (χ2v) is 4.19. The quantitative estimate of drug-likeness (QED) is 0.650. The molecule has 0 aliphatic carbocycles. The molecule has 0 fully saturated rings. The molecule has 0 spiro atoms. The van der Waals surface area contributed by atoms with Gasteiger partial charge in [-0.15, -0.1) is 0 Å². The van der Waals surface area contributed by atoms with Crippen molar-refractivity contribution in [3.05, 3.63) is 39.6 Å². The molecule has 0 radical (unpaired) electrons. The van der Waals surface area contributed by atoms with Gasteiger partial charge in [-0.2, -0.15) is 0 Å². The van der Waals surface area contributed by atoms with Crippen molar-refractivity contribution in [2.45, 2.75) is 6.92 Å². The molecule has 0 saturated heterocycles. The van der Waals surface area contributed by atoms with E-state index >= 15 is 0 Å². The van der Waals surface area contributed by atoms with Crippen LogP contribution in [0.1, 0.15) is 5.69 Å². The van der Waals surface area contributed by atoms with E-state index in [0.717, 1.165) is 20.9 Å². The number of pyridine rings is 1. The maximum Gasteiger partial charge on any atom is 0.137 e. The molecule has 1 heterocycles. The van der Waals surface area contributed by atoms with Crippen molar-refractivity contribution < 1.29 is 0 Å². The van der Waals surface area contributed by atoms with E-state index in [2.05, 4.69) is 20.9 Å². The standard InChI is InChI=1S/C10H7BrClN/c1-6-4-7-2-3-8(11)5-9(7)10(12)13-6/h2-5H,1H3. The monoisotopic (exact) mass is 255 g/mol. The Balaban J connectivity index is 2.87. The molecule has 66 valence electrons. The van der Waals surface area contributed by atoms with Gasteiger partial charge in [0.25, 0.3) is 0 Å². The predicted molar refractivity (Wildman–Crippen MR) is 59.2 cm³/mol. The molecule has 0 saturated carbocycles. The molecule has 0 N–H and O–H groups in total. The van der Waals surface area contributed by atoms with E-state index in [1.54, 1.807) is 0 Å². The van der Waals surface area contributed by atoms with Crippen molar-refractivity contribution in [3.8, 4) is 0 Å². The number of aromatic nitrogens is 1. The largest absolute Gasteiger partial charge is 0.241 e. The number of halogens is 2. The van der Waals surface area contributed by atoms with Crippen LogP contribution < -0.4 is 0 Å². The lowest BCUT2D eigenvalue weighted by Crippen LogP contribution is -1.83. The summed E-state index contributed by atoms with van der Waals surface area (Å²) in [6, 6.07) is 8.02. The van der Waals surface area contributed by atoms with Crippen molar-refractivity contribution in [1.29, 1.82) is 0 Å². The number of rotatable bonds is 0. The summed E-state index contributed by atoms with van der Waals surface area (Å²) in [4.78, 5) is 4.19. The second kappa shape index (κ2) is 3.28. The summed E-state index contributed by atoms with van der Waals surface area (Å²) in [7, 11) is 0. The van der Waals surface area contributed by atoms with Crippen LogP contribution in [-0.4, -0.2) is 4.98 Å². The average Bonchev–Trinajstić information content (AvgIpc) is 2.06. The molecule has 1 aromatic carbocycles. The number of fused-ring (bicyclic) bond motifs is 1. The molecule has 1 nitrogen and oxygen atoms in total. The van der Waals surface area contributed by atoms with E-state index in [1.807, 2.05) is 31.2 Å². The third kappa shape index (κ3) is 1.69. The number of benzene rings is 1. The number of aryl methyl sites for hydroxylation is 1. The van der Waals surface area contributed by atoms with Crippen LogP contribution in [0.5, 0.6) is 0 Å². The van der Waals surface area contributed by atoms with Gasteiger partial charge in [0.05, 0.1) is 0 Å². The van der Waals surface area contributed by atoms with Gasteiger partial charge < -0.3 is 0 Å². The summed E-state index contributed by atoms with van der Waals surface area (Å²) < 4.78 is 1.02. The third-order valence-electron chi connectivity index (χ3n) is 1.88. The Bertz CT molecular complexity index is 468. The fraction of sp³-hybridized carbons (Fsp3) is 0.100. The van der Waals surface area contributed by atoms with Crippen molar-refractivity contribution in [1.82, 2.24) is 4.98 Å². The Morgan fingerprint density at radius 1 is 1.31 bits per heavy atom. The zero-order chi connectivity index (χ0) is 9.42. The summed E-state index contributed by atoms with van der Waals surface area (Å²) in [5, 5.41) is 2.68. The van der Waals surface area contributed by atoms with Gasteiger partial charge in [-0.1, -0.05) is 33.6 Å². The Kier molecular flexibility index (Phi) is 2.26. The van der Waals surface area contributed by atoms with E-state index in [9.17, 15) is 0 Å². The Labute approximate surface area is 89.9 Å². The summed E-state index contributed by atoms with van der Waals surface area (Å²) in [5.41, 5.74) is 0.944. The fourth-order valence-electron chi connectivity index (χ4n) is 1.31. The molecule has 0 bridgehead atoms. The Morgan fingerprint density at radius 3 is 2.85 bits per heavy atom. The zero-order valence-electron chi connectivity index (χ0n) is 7.01. The molecule has 0 amide bonds. The van der Waals surface area contributed by atoms with Gasteiger partial charge in [0.2, 0.25) is 0 Å². The first-order valence-electron chi connectivity index (χ1n) is 3.89. The van der Waals surface area contributed by atoms with Crippen LogP contribution >= 0.6 is 27.5 Å². The van der Waals surface area contributed by atoms with Gasteiger partial charge in [0, 0.05) is 15.6 Å². The van der Waals surface area contributed by atoms with Gasteiger partial charge in [0.15, 0.2) is 0 Å². The molecule has 2 rings (SSSR count). The second-order valence-electron chi connectivity index (χ2n) is 2.92. The summed E-state index contributed by atoms with van der Waals surface area (Å²) >= 11 is 9.40. The smallest absolute Gasteiger partial charge is 0.137 e. The highest BCUT2D eigenvalue weighted by Gasteiger charge is 2.01. The first kappa shape index (κ1) is 8.97. The lowest BCUT2D eigenvalue weighted by Gasteiger charge is -2.01. The SMILES string of the molecule is Cc1cc2ccc(Br)cc2c(Cl)n1. The van der Waals surface area contributed by atoms with Crippen molar-refractivity contribution in [2.75, 3.05) is 0 Å². The topological polar surface area (TPSA) is 12.9 Å². The van der Waals surface area contributed by atoms with Crippen molar-refractivity contribution in [2.24, 2.45) is 0 Å². The fourth-order valence-corrected chi connectivity index (χ4v) is 1.96. The van der Waals surface area contributed by atoms with E-state index in [4.69, 9.17) is 11.6 Å². The minimum atomic E-state index is 0.566. The highest BCUT2D eigenvalue weighted by atomic mass is 79.9.